The summed E-state index contributed by atoms with van der Waals surface area (Å²) in [5.74, 6) is -5.72. The molecule has 1 aliphatic heterocycles. The lowest BCUT2D eigenvalue weighted by Crippen LogP contribution is -2.51. The van der Waals surface area contributed by atoms with Crippen LogP contribution >= 0.6 is 0 Å². The highest BCUT2D eigenvalue weighted by Gasteiger charge is 2.27. The molecule has 1 atom stereocenters. The van der Waals surface area contributed by atoms with Gasteiger partial charge in [-0.1, -0.05) is 36.4 Å². The number of hydrogen-bond donors (Lipinski definition) is 1. The Morgan fingerprint density at radius 3 is 1.98 bits per heavy atom. The van der Waals surface area contributed by atoms with Gasteiger partial charge < -0.3 is 10.6 Å². The smallest absolute Gasteiger partial charge is 0.331 e. The van der Waals surface area contributed by atoms with Crippen molar-refractivity contribution in [2.24, 2.45) is 5.73 Å². The average molecular weight is 600 g/mol. The highest BCUT2D eigenvalue weighted by molar-refractivity contribution is 5.50. The first kappa shape index (κ1) is 30.2. The quantitative estimate of drug-likeness (QED) is 0.244. The molecule has 0 bridgehead atoms. The zero-order valence-corrected chi connectivity index (χ0v) is 23.4. The second-order valence-corrected chi connectivity index (χ2v) is 10.6. The summed E-state index contributed by atoms with van der Waals surface area (Å²) in [6.07, 6.45) is 0. The molecule has 2 N–H and O–H groups in total. The van der Waals surface area contributed by atoms with Crippen LogP contribution in [0.5, 0.6) is 0 Å². The Balaban J connectivity index is 1.48. The van der Waals surface area contributed by atoms with Crippen LogP contribution in [-0.2, 0) is 19.6 Å². The summed E-state index contributed by atoms with van der Waals surface area (Å²) in [5, 5.41) is 0. The predicted octanol–water partition coefficient (Wildman–Crippen LogP) is 4.08. The van der Waals surface area contributed by atoms with Crippen LogP contribution < -0.4 is 21.9 Å². The molecule has 0 spiro atoms. The molecule has 3 aromatic carbocycles. The van der Waals surface area contributed by atoms with E-state index in [0.717, 1.165) is 28.8 Å². The minimum atomic E-state index is -1.53. The van der Waals surface area contributed by atoms with Crippen LogP contribution in [0.4, 0.5) is 27.6 Å². The van der Waals surface area contributed by atoms with E-state index >= 15 is 0 Å². The maximum atomic E-state index is 14.6. The molecule has 0 aliphatic carbocycles. The molecule has 7 nitrogen and oxygen atoms in total. The van der Waals surface area contributed by atoms with Crippen LogP contribution in [0.2, 0.25) is 0 Å². The lowest BCUT2D eigenvalue weighted by atomic mass is 10.1. The van der Waals surface area contributed by atoms with E-state index in [0.29, 0.717) is 31.7 Å². The minimum Gasteiger partial charge on any atom is -0.363 e. The van der Waals surface area contributed by atoms with Crippen molar-refractivity contribution in [1.29, 1.82) is 0 Å². The largest absolute Gasteiger partial charge is 0.363 e. The zero-order valence-electron chi connectivity index (χ0n) is 23.4. The number of hydrogen-bond acceptors (Lipinski definition) is 5. The molecule has 0 saturated carbocycles. The maximum absolute atomic E-state index is 14.6. The molecule has 226 valence electrons. The van der Waals surface area contributed by atoms with Gasteiger partial charge >= 0.3 is 5.69 Å². The molecular formula is C31H30F5N5O2. The van der Waals surface area contributed by atoms with Crippen molar-refractivity contribution in [3.63, 3.8) is 0 Å². The first-order valence-electron chi connectivity index (χ1n) is 13.7. The van der Waals surface area contributed by atoms with Gasteiger partial charge in [-0.2, -0.15) is 0 Å². The van der Waals surface area contributed by atoms with Gasteiger partial charge in [0, 0.05) is 50.0 Å². The number of aromatic nitrogens is 2. The van der Waals surface area contributed by atoms with Crippen molar-refractivity contribution in [1.82, 2.24) is 14.0 Å². The first-order valence-corrected chi connectivity index (χ1v) is 13.7. The lowest BCUT2D eigenvalue weighted by molar-refractivity contribution is 0.248. The fourth-order valence-corrected chi connectivity index (χ4v) is 5.43. The van der Waals surface area contributed by atoms with Crippen molar-refractivity contribution in [3.05, 3.63) is 133 Å². The number of benzene rings is 3. The van der Waals surface area contributed by atoms with Gasteiger partial charge in [-0.15, -0.1) is 0 Å². The Kier molecular flexibility index (Phi) is 8.79. The number of piperazine rings is 1. The van der Waals surface area contributed by atoms with E-state index in [1.54, 1.807) is 36.1 Å². The second kappa shape index (κ2) is 12.5. The molecule has 5 rings (SSSR count). The summed E-state index contributed by atoms with van der Waals surface area (Å²) in [7, 11) is 0. The highest BCUT2D eigenvalue weighted by Crippen LogP contribution is 2.22. The Labute approximate surface area is 244 Å². The summed E-state index contributed by atoms with van der Waals surface area (Å²) < 4.78 is 72.2. The average Bonchev–Trinajstić information content (AvgIpc) is 2.98. The SMILES string of the molecule is Cc1c(N2CCN(Cc3cc(F)c(F)c(F)c3)CC2)c(=O)n(C[C@H](N)c2ccccc2)c(=O)n1Cc1c(F)cccc1F. The van der Waals surface area contributed by atoms with Crippen LogP contribution in [0.1, 0.15) is 28.4 Å². The van der Waals surface area contributed by atoms with Gasteiger partial charge in [0.25, 0.3) is 5.56 Å². The third kappa shape index (κ3) is 6.25. The van der Waals surface area contributed by atoms with Crippen LogP contribution in [0.3, 0.4) is 0 Å². The molecule has 1 fully saturated rings. The molecule has 4 aromatic rings. The number of halogens is 5. The molecule has 0 unspecified atom stereocenters. The topological polar surface area (TPSA) is 76.5 Å². The molecule has 2 heterocycles. The van der Waals surface area contributed by atoms with E-state index < -0.39 is 52.9 Å². The molecule has 12 heteroatoms. The van der Waals surface area contributed by atoms with Gasteiger partial charge in [-0.3, -0.25) is 18.8 Å². The van der Waals surface area contributed by atoms with E-state index in [-0.39, 0.29) is 35.6 Å². The van der Waals surface area contributed by atoms with Gasteiger partial charge in [0.1, 0.15) is 17.3 Å². The second-order valence-electron chi connectivity index (χ2n) is 10.6. The molecule has 0 radical (unpaired) electrons. The fourth-order valence-electron chi connectivity index (χ4n) is 5.43. The molecule has 43 heavy (non-hydrogen) atoms. The third-order valence-corrected chi connectivity index (χ3v) is 7.78. The Morgan fingerprint density at radius 1 is 0.767 bits per heavy atom. The first-order chi connectivity index (χ1) is 20.5. The monoisotopic (exact) mass is 599 g/mol. The summed E-state index contributed by atoms with van der Waals surface area (Å²) in [6.45, 7) is 2.46. The molecule has 1 saturated heterocycles. The molecular weight excluding hydrogens is 569 g/mol. The molecule has 0 amide bonds. The Hall–Kier alpha value is -4.29. The van der Waals surface area contributed by atoms with Crippen molar-refractivity contribution in [2.45, 2.75) is 32.6 Å². The van der Waals surface area contributed by atoms with Crippen molar-refractivity contribution in [2.75, 3.05) is 31.1 Å². The zero-order chi connectivity index (χ0) is 30.8. The number of nitrogens with zero attached hydrogens (tertiary/aromatic N) is 4. The van der Waals surface area contributed by atoms with Gasteiger partial charge in [0.2, 0.25) is 0 Å². The Morgan fingerprint density at radius 2 is 1.37 bits per heavy atom. The van der Waals surface area contributed by atoms with Gasteiger partial charge in [0.15, 0.2) is 17.5 Å². The van der Waals surface area contributed by atoms with Crippen LogP contribution in [-0.4, -0.2) is 40.2 Å². The van der Waals surface area contributed by atoms with Crippen molar-refractivity contribution < 1.29 is 22.0 Å². The van der Waals surface area contributed by atoms with Crippen LogP contribution in [0, 0.1) is 36.0 Å². The van der Waals surface area contributed by atoms with Crippen LogP contribution in [0.15, 0.2) is 70.3 Å². The van der Waals surface area contributed by atoms with E-state index in [1.807, 2.05) is 11.0 Å². The van der Waals surface area contributed by atoms with Gasteiger partial charge in [0.05, 0.1) is 13.1 Å². The number of anilines is 1. The minimum absolute atomic E-state index is 0.156. The van der Waals surface area contributed by atoms with Gasteiger partial charge in [-0.25, -0.2) is 26.7 Å². The van der Waals surface area contributed by atoms with E-state index in [4.69, 9.17) is 5.73 Å². The normalized spacial score (nSPS) is 14.7. The standard InChI is InChI=1S/C31H30F5N5O2/c1-19-29(39-12-10-38(11-13-39)16-20-14-25(34)28(36)26(35)15-20)30(42)41(18-27(37)21-6-3-2-4-7-21)31(43)40(19)17-22-23(32)8-5-9-24(22)33/h2-9,14-15,27H,10-13,16-18,37H2,1H3/t27-/m0/s1. The number of nitrogens with two attached hydrogens (primary N) is 1. The van der Waals surface area contributed by atoms with E-state index in [9.17, 15) is 31.5 Å². The molecule has 1 aliphatic rings. The van der Waals surface area contributed by atoms with Crippen molar-refractivity contribution >= 4 is 5.69 Å². The highest BCUT2D eigenvalue weighted by atomic mass is 19.2. The van der Waals surface area contributed by atoms with E-state index in [2.05, 4.69) is 0 Å². The summed E-state index contributed by atoms with van der Waals surface area (Å²) >= 11 is 0. The van der Waals surface area contributed by atoms with Crippen LogP contribution in [0.25, 0.3) is 0 Å². The van der Waals surface area contributed by atoms with Crippen molar-refractivity contribution in [3.8, 4) is 0 Å². The summed E-state index contributed by atoms with van der Waals surface area (Å²) in [4.78, 5) is 31.2. The summed E-state index contributed by atoms with van der Waals surface area (Å²) in [5.41, 5.74) is 6.11. The van der Waals surface area contributed by atoms with E-state index in [1.165, 1.54) is 10.6 Å². The lowest BCUT2D eigenvalue weighted by Gasteiger charge is -2.37. The maximum Gasteiger partial charge on any atom is 0.331 e. The fraction of sp³-hybridized carbons (Fsp3) is 0.290. The summed E-state index contributed by atoms with van der Waals surface area (Å²) in [6, 6.07) is 13.5. The molecule has 1 aromatic heterocycles. The Bertz CT molecular complexity index is 1710. The predicted molar refractivity (Wildman–Crippen MR) is 152 cm³/mol. The third-order valence-electron chi connectivity index (χ3n) is 7.78. The van der Waals surface area contributed by atoms with Gasteiger partial charge in [-0.05, 0) is 42.3 Å². The number of rotatable bonds is 8.